The molecule has 220 valence electrons. The van der Waals surface area contributed by atoms with Crippen molar-refractivity contribution in [2.45, 2.75) is 18.9 Å². The molecule has 2 aliphatic rings. The van der Waals surface area contributed by atoms with Gasteiger partial charge < -0.3 is 19.9 Å². The first-order valence-corrected chi connectivity index (χ1v) is 14.7. The smallest absolute Gasteiger partial charge is 0.256 e. The minimum Gasteiger partial charge on any atom is -0.497 e. The fraction of sp³-hybridized carbons (Fsp3) is 0.323. The molecule has 0 spiro atoms. The van der Waals surface area contributed by atoms with Crippen LogP contribution in [0.3, 0.4) is 0 Å². The summed E-state index contributed by atoms with van der Waals surface area (Å²) >= 11 is 11.8. The van der Waals surface area contributed by atoms with E-state index < -0.39 is 6.04 Å². The summed E-state index contributed by atoms with van der Waals surface area (Å²) in [6.07, 6.45) is 0.736. The van der Waals surface area contributed by atoms with Crippen LogP contribution in [0.15, 0.2) is 72.8 Å². The Morgan fingerprint density at radius 1 is 0.952 bits per heavy atom. The Balaban J connectivity index is 1.22. The van der Waals surface area contributed by atoms with Gasteiger partial charge >= 0.3 is 0 Å². The fourth-order valence-corrected chi connectivity index (χ4v) is 5.86. The fourth-order valence-electron chi connectivity index (χ4n) is 5.32. The van der Waals surface area contributed by atoms with Crippen LogP contribution in [0.4, 0.5) is 21.5 Å². The van der Waals surface area contributed by atoms with Crippen molar-refractivity contribution in [3.8, 4) is 5.75 Å². The lowest BCUT2D eigenvalue weighted by Crippen LogP contribution is -2.47. The van der Waals surface area contributed by atoms with Crippen molar-refractivity contribution >= 4 is 57.8 Å². The molecule has 5 rings (SSSR count). The third-order valence-corrected chi connectivity index (χ3v) is 8.26. The molecule has 2 heterocycles. The Bertz CT molecular complexity index is 1400. The van der Waals surface area contributed by atoms with Gasteiger partial charge in [-0.25, -0.2) is 4.39 Å². The summed E-state index contributed by atoms with van der Waals surface area (Å²) in [6, 6.07) is 19.9. The van der Waals surface area contributed by atoms with Crippen LogP contribution in [-0.4, -0.2) is 79.1 Å². The van der Waals surface area contributed by atoms with E-state index in [1.54, 1.807) is 55.6 Å². The van der Waals surface area contributed by atoms with Gasteiger partial charge in [-0.05, 0) is 98.0 Å². The van der Waals surface area contributed by atoms with Gasteiger partial charge in [-0.3, -0.25) is 19.4 Å². The Morgan fingerprint density at radius 3 is 2.24 bits per heavy atom. The van der Waals surface area contributed by atoms with Crippen molar-refractivity contribution in [2.75, 3.05) is 61.5 Å². The molecule has 1 atom stereocenters. The van der Waals surface area contributed by atoms with Crippen molar-refractivity contribution in [3.63, 3.8) is 0 Å². The number of piperazine rings is 1. The molecule has 0 saturated carbocycles. The largest absolute Gasteiger partial charge is 0.497 e. The standard InChI is InChI=1S/C31H33ClFN5O3S/c1-41-27-13-11-26(12-14-27)38-30(40)28(21-29(39)34-24-7-3-22(32)4-8-24)37(31(38)42)16-2-15-35-17-19-36(20-18-35)25-9-5-23(33)6-10-25/h3-14,28H,2,15-21H2,1H3,(H,34,39)/t28-/m0/s1. The molecule has 1 N–H and O–H groups in total. The number of rotatable bonds is 10. The molecule has 3 aromatic carbocycles. The first kappa shape index (κ1) is 29.8. The molecule has 2 fully saturated rings. The minimum atomic E-state index is -0.720. The number of methoxy groups -OCH3 is 1. The maximum atomic E-state index is 13.7. The molecule has 0 unspecified atom stereocenters. The highest BCUT2D eigenvalue weighted by Crippen LogP contribution is 2.29. The number of ether oxygens (including phenoxy) is 1. The highest BCUT2D eigenvalue weighted by Gasteiger charge is 2.44. The maximum Gasteiger partial charge on any atom is 0.256 e. The highest BCUT2D eigenvalue weighted by molar-refractivity contribution is 7.80. The lowest BCUT2D eigenvalue weighted by Gasteiger charge is -2.36. The van der Waals surface area contributed by atoms with Crippen LogP contribution < -0.4 is 19.9 Å². The normalized spacial score (nSPS) is 17.6. The predicted octanol–water partition coefficient (Wildman–Crippen LogP) is 5.03. The number of carbonyl (C=O) groups is 2. The molecule has 42 heavy (non-hydrogen) atoms. The van der Waals surface area contributed by atoms with E-state index in [1.165, 1.54) is 17.0 Å². The predicted molar refractivity (Wildman–Crippen MR) is 168 cm³/mol. The molecule has 0 aromatic heterocycles. The van der Waals surface area contributed by atoms with Gasteiger partial charge in [0.15, 0.2) is 5.11 Å². The van der Waals surface area contributed by atoms with Gasteiger partial charge in [-0.1, -0.05) is 11.6 Å². The number of nitrogens with zero attached hydrogens (tertiary/aromatic N) is 4. The zero-order valence-corrected chi connectivity index (χ0v) is 24.9. The minimum absolute atomic E-state index is 0.0371. The summed E-state index contributed by atoms with van der Waals surface area (Å²) in [7, 11) is 1.58. The number of carbonyl (C=O) groups excluding carboxylic acids is 2. The second-order valence-electron chi connectivity index (χ2n) is 10.3. The quantitative estimate of drug-likeness (QED) is 0.323. The third-order valence-electron chi connectivity index (χ3n) is 7.59. The second kappa shape index (κ2) is 13.5. The third kappa shape index (κ3) is 7.00. The van der Waals surface area contributed by atoms with Crippen molar-refractivity contribution in [1.29, 1.82) is 0 Å². The zero-order chi connectivity index (χ0) is 29.6. The van der Waals surface area contributed by atoms with Crippen molar-refractivity contribution in [3.05, 3.63) is 83.6 Å². The Hall–Kier alpha value is -3.73. The molecule has 8 nitrogen and oxygen atoms in total. The first-order valence-electron chi connectivity index (χ1n) is 13.9. The van der Waals surface area contributed by atoms with Crippen molar-refractivity contribution in [2.24, 2.45) is 0 Å². The van der Waals surface area contributed by atoms with Gasteiger partial charge in [0.2, 0.25) is 5.91 Å². The van der Waals surface area contributed by atoms with Gasteiger partial charge in [0.1, 0.15) is 17.6 Å². The van der Waals surface area contributed by atoms with E-state index in [1.807, 2.05) is 17.0 Å². The van der Waals surface area contributed by atoms with E-state index in [4.69, 9.17) is 28.6 Å². The number of halogens is 2. The first-order chi connectivity index (χ1) is 20.3. The van der Waals surface area contributed by atoms with E-state index in [-0.39, 0.29) is 24.1 Å². The second-order valence-corrected chi connectivity index (χ2v) is 11.1. The molecule has 0 bridgehead atoms. The highest BCUT2D eigenvalue weighted by atomic mass is 35.5. The summed E-state index contributed by atoms with van der Waals surface area (Å²) in [5, 5.41) is 3.82. The Labute approximate surface area is 255 Å². The lowest BCUT2D eigenvalue weighted by atomic mass is 10.1. The van der Waals surface area contributed by atoms with Gasteiger partial charge in [-0.2, -0.15) is 0 Å². The number of benzene rings is 3. The number of amides is 2. The zero-order valence-electron chi connectivity index (χ0n) is 23.3. The molecule has 0 radical (unpaired) electrons. The van der Waals surface area contributed by atoms with E-state index >= 15 is 0 Å². The van der Waals surface area contributed by atoms with Crippen LogP contribution >= 0.6 is 23.8 Å². The summed E-state index contributed by atoms with van der Waals surface area (Å²) in [4.78, 5) is 34.7. The van der Waals surface area contributed by atoms with E-state index in [2.05, 4.69) is 15.1 Å². The van der Waals surface area contributed by atoms with Gasteiger partial charge in [-0.15, -0.1) is 0 Å². The van der Waals surface area contributed by atoms with Crippen LogP contribution in [0.5, 0.6) is 5.75 Å². The molecular formula is C31H33ClFN5O3S. The van der Waals surface area contributed by atoms with Crippen LogP contribution in [0.1, 0.15) is 12.8 Å². The summed E-state index contributed by atoms with van der Waals surface area (Å²) < 4.78 is 18.6. The van der Waals surface area contributed by atoms with Gasteiger partial charge in [0.25, 0.3) is 5.91 Å². The summed E-state index contributed by atoms with van der Waals surface area (Å²) in [5.74, 6) is -0.0742. The Kier molecular flexibility index (Phi) is 9.56. The topological polar surface area (TPSA) is 68.4 Å². The Morgan fingerprint density at radius 2 is 1.60 bits per heavy atom. The van der Waals surface area contributed by atoms with Crippen LogP contribution in [0.2, 0.25) is 5.02 Å². The number of nitrogens with one attached hydrogen (secondary N) is 1. The summed E-state index contributed by atoms with van der Waals surface area (Å²) in [6.45, 7) is 4.83. The molecule has 3 aromatic rings. The molecule has 2 saturated heterocycles. The SMILES string of the molecule is COc1ccc(N2C(=O)[C@H](CC(=O)Nc3ccc(Cl)cc3)N(CCCN3CCN(c4ccc(F)cc4)CC3)C2=S)cc1. The average Bonchev–Trinajstić information content (AvgIpc) is 3.23. The summed E-state index contributed by atoms with van der Waals surface area (Å²) in [5.41, 5.74) is 2.26. The van der Waals surface area contributed by atoms with Gasteiger partial charge in [0, 0.05) is 49.1 Å². The van der Waals surface area contributed by atoms with E-state index in [0.29, 0.717) is 33.8 Å². The number of anilines is 3. The number of hydrogen-bond acceptors (Lipinski definition) is 6. The molecular weight excluding hydrogens is 577 g/mol. The maximum absolute atomic E-state index is 13.7. The van der Waals surface area contributed by atoms with Crippen LogP contribution in [-0.2, 0) is 9.59 Å². The monoisotopic (exact) mass is 609 g/mol. The van der Waals surface area contributed by atoms with Crippen molar-refractivity contribution in [1.82, 2.24) is 9.80 Å². The molecule has 2 amide bonds. The number of hydrogen-bond donors (Lipinski definition) is 1. The average molecular weight is 610 g/mol. The molecule has 2 aliphatic heterocycles. The van der Waals surface area contributed by atoms with Crippen molar-refractivity contribution < 1.29 is 18.7 Å². The van der Waals surface area contributed by atoms with E-state index in [0.717, 1.165) is 44.8 Å². The van der Waals surface area contributed by atoms with Gasteiger partial charge in [0.05, 0.1) is 19.2 Å². The van der Waals surface area contributed by atoms with Crippen LogP contribution in [0.25, 0.3) is 0 Å². The van der Waals surface area contributed by atoms with Crippen LogP contribution in [0, 0.1) is 5.82 Å². The molecule has 11 heteroatoms. The lowest BCUT2D eigenvalue weighted by molar-refractivity contribution is -0.124. The van der Waals surface area contributed by atoms with E-state index in [9.17, 15) is 14.0 Å². The molecule has 0 aliphatic carbocycles. The number of thiocarbonyl (C=S) groups is 1.